The molecule has 110 valence electrons. The lowest BCUT2D eigenvalue weighted by atomic mass is 10.2. The number of amides is 1. The number of hydrogen-bond donors (Lipinski definition) is 1. The van der Waals surface area contributed by atoms with Crippen LogP contribution in [0.3, 0.4) is 0 Å². The summed E-state index contributed by atoms with van der Waals surface area (Å²) < 4.78 is 7.59. The number of hydrazone groups is 1. The molecule has 5 nitrogen and oxygen atoms in total. The van der Waals surface area contributed by atoms with Crippen LogP contribution in [0.2, 0.25) is 0 Å². The molecule has 0 aliphatic heterocycles. The molecule has 0 fully saturated rings. The molecule has 2 rings (SSSR count). The summed E-state index contributed by atoms with van der Waals surface area (Å²) in [5.74, 6) is 0.862. The molecule has 1 amide bonds. The van der Waals surface area contributed by atoms with E-state index < -0.39 is 0 Å². The minimum atomic E-state index is 0.544. The van der Waals surface area contributed by atoms with Crippen LogP contribution < -0.4 is 10.2 Å². The van der Waals surface area contributed by atoms with Crippen LogP contribution in [-0.4, -0.2) is 23.8 Å². The van der Waals surface area contributed by atoms with Crippen molar-refractivity contribution in [2.75, 3.05) is 6.61 Å². The van der Waals surface area contributed by atoms with E-state index in [9.17, 15) is 4.79 Å². The number of nitrogens with zero attached hydrogens (tertiary/aromatic N) is 2. The number of aryl methyl sites for hydroxylation is 1. The summed E-state index contributed by atoms with van der Waals surface area (Å²) in [5, 5.41) is 3.83. The fraction of sp³-hybridized carbons (Fsp3) is 0.250. The van der Waals surface area contributed by atoms with Gasteiger partial charge in [-0.05, 0) is 51.1 Å². The van der Waals surface area contributed by atoms with E-state index in [0.29, 0.717) is 13.0 Å². The normalized spacial score (nSPS) is 10.8. The first-order chi connectivity index (χ1) is 10.2. The fourth-order valence-corrected chi connectivity index (χ4v) is 2.31. The highest BCUT2D eigenvalue weighted by molar-refractivity contribution is 5.82. The quantitative estimate of drug-likeness (QED) is 0.504. The summed E-state index contributed by atoms with van der Waals surface area (Å²) in [4.78, 5) is 10.2. The number of hydrogen-bond acceptors (Lipinski definition) is 3. The van der Waals surface area contributed by atoms with Crippen LogP contribution in [0.15, 0.2) is 35.4 Å². The van der Waals surface area contributed by atoms with Crippen molar-refractivity contribution in [3.8, 4) is 11.4 Å². The molecule has 0 saturated carbocycles. The number of ether oxygens (including phenoxy) is 1. The number of carbonyl (C=O) groups excluding carboxylic acids is 1. The maximum Gasteiger partial charge on any atom is 0.227 e. The molecule has 0 unspecified atom stereocenters. The Kier molecular flexibility index (Phi) is 4.77. The van der Waals surface area contributed by atoms with Gasteiger partial charge >= 0.3 is 0 Å². The van der Waals surface area contributed by atoms with Crippen LogP contribution in [0.1, 0.15) is 23.9 Å². The summed E-state index contributed by atoms with van der Waals surface area (Å²) in [6, 6.07) is 9.99. The van der Waals surface area contributed by atoms with Gasteiger partial charge in [0.1, 0.15) is 5.75 Å². The molecule has 21 heavy (non-hydrogen) atoms. The van der Waals surface area contributed by atoms with E-state index in [4.69, 9.17) is 4.74 Å². The predicted molar refractivity (Wildman–Crippen MR) is 83.2 cm³/mol. The first-order valence-corrected chi connectivity index (χ1v) is 6.81. The molecule has 1 aromatic carbocycles. The minimum absolute atomic E-state index is 0.544. The molecule has 0 aliphatic carbocycles. The van der Waals surface area contributed by atoms with Crippen molar-refractivity contribution in [1.29, 1.82) is 0 Å². The van der Waals surface area contributed by atoms with Crippen molar-refractivity contribution in [3.63, 3.8) is 0 Å². The van der Waals surface area contributed by atoms with E-state index in [1.54, 1.807) is 6.21 Å². The van der Waals surface area contributed by atoms with Crippen molar-refractivity contribution in [2.24, 2.45) is 5.10 Å². The third-order valence-electron chi connectivity index (χ3n) is 3.21. The molecule has 0 atom stereocenters. The molecule has 0 spiro atoms. The molecule has 1 aromatic heterocycles. The number of nitrogens with one attached hydrogen (secondary N) is 1. The van der Waals surface area contributed by atoms with Crippen molar-refractivity contribution >= 4 is 12.6 Å². The average Bonchev–Trinajstić information content (AvgIpc) is 2.75. The average molecular weight is 285 g/mol. The van der Waals surface area contributed by atoms with Crippen LogP contribution in [0.4, 0.5) is 0 Å². The smallest absolute Gasteiger partial charge is 0.227 e. The van der Waals surface area contributed by atoms with Crippen LogP contribution in [-0.2, 0) is 4.79 Å². The highest BCUT2D eigenvalue weighted by Crippen LogP contribution is 2.22. The van der Waals surface area contributed by atoms with E-state index in [0.717, 1.165) is 28.4 Å². The second-order valence-corrected chi connectivity index (χ2v) is 4.59. The highest BCUT2D eigenvalue weighted by Gasteiger charge is 2.09. The van der Waals surface area contributed by atoms with Gasteiger partial charge in [0.05, 0.1) is 12.8 Å². The van der Waals surface area contributed by atoms with Crippen molar-refractivity contribution in [2.45, 2.75) is 20.8 Å². The van der Waals surface area contributed by atoms with E-state index in [1.165, 1.54) is 0 Å². The van der Waals surface area contributed by atoms with E-state index in [-0.39, 0.29) is 0 Å². The van der Waals surface area contributed by atoms with Crippen molar-refractivity contribution in [1.82, 2.24) is 9.99 Å². The van der Waals surface area contributed by atoms with Crippen LogP contribution >= 0.6 is 0 Å². The zero-order chi connectivity index (χ0) is 15.2. The Hall–Kier alpha value is -2.56. The van der Waals surface area contributed by atoms with Gasteiger partial charge < -0.3 is 9.30 Å². The lowest BCUT2D eigenvalue weighted by Crippen LogP contribution is -2.02. The van der Waals surface area contributed by atoms with Gasteiger partial charge in [-0.15, -0.1) is 0 Å². The molecule has 5 heteroatoms. The van der Waals surface area contributed by atoms with Gasteiger partial charge in [0.25, 0.3) is 0 Å². The monoisotopic (exact) mass is 285 g/mol. The van der Waals surface area contributed by atoms with Gasteiger partial charge in [0, 0.05) is 22.6 Å². The van der Waals surface area contributed by atoms with Crippen LogP contribution in [0, 0.1) is 13.8 Å². The summed E-state index contributed by atoms with van der Waals surface area (Å²) in [6.45, 7) is 6.68. The number of aromatic nitrogens is 1. The topological polar surface area (TPSA) is 55.6 Å². The van der Waals surface area contributed by atoms with Crippen molar-refractivity contribution in [3.05, 3.63) is 47.3 Å². The molecular weight excluding hydrogens is 266 g/mol. The Morgan fingerprint density at radius 3 is 2.62 bits per heavy atom. The zero-order valence-corrected chi connectivity index (χ0v) is 12.5. The predicted octanol–water partition coefficient (Wildman–Crippen LogP) is 2.57. The van der Waals surface area contributed by atoms with Gasteiger partial charge in [-0.3, -0.25) is 4.79 Å². The largest absolute Gasteiger partial charge is 0.494 e. The van der Waals surface area contributed by atoms with Crippen molar-refractivity contribution < 1.29 is 9.53 Å². The summed E-state index contributed by atoms with van der Waals surface area (Å²) in [6.07, 6.45) is 2.18. The maximum absolute atomic E-state index is 10.2. The minimum Gasteiger partial charge on any atom is -0.494 e. The molecule has 0 radical (unpaired) electrons. The lowest BCUT2D eigenvalue weighted by Gasteiger charge is -2.10. The van der Waals surface area contributed by atoms with Crippen LogP contribution in [0.25, 0.3) is 5.69 Å². The summed E-state index contributed by atoms with van der Waals surface area (Å²) in [7, 11) is 0. The zero-order valence-electron chi connectivity index (χ0n) is 12.5. The molecule has 0 saturated heterocycles. The van der Waals surface area contributed by atoms with E-state index >= 15 is 0 Å². The second-order valence-electron chi connectivity index (χ2n) is 4.59. The number of carbonyl (C=O) groups is 1. The van der Waals surface area contributed by atoms with E-state index in [1.807, 2.05) is 51.1 Å². The first kappa shape index (κ1) is 14.8. The lowest BCUT2D eigenvalue weighted by molar-refractivity contribution is -0.109. The van der Waals surface area contributed by atoms with Gasteiger partial charge in [-0.25, -0.2) is 5.43 Å². The van der Waals surface area contributed by atoms with Gasteiger partial charge in [0.15, 0.2) is 0 Å². The number of rotatable bonds is 6. The highest BCUT2D eigenvalue weighted by atomic mass is 16.5. The van der Waals surface area contributed by atoms with Gasteiger partial charge in [-0.1, -0.05) is 0 Å². The third-order valence-corrected chi connectivity index (χ3v) is 3.21. The van der Waals surface area contributed by atoms with E-state index in [2.05, 4.69) is 15.1 Å². The second kappa shape index (κ2) is 6.74. The van der Waals surface area contributed by atoms with Gasteiger partial charge in [0.2, 0.25) is 6.41 Å². The molecule has 1 N–H and O–H groups in total. The fourth-order valence-electron chi connectivity index (χ4n) is 2.31. The maximum atomic E-state index is 10.2. The van der Waals surface area contributed by atoms with Crippen LogP contribution in [0.5, 0.6) is 5.75 Å². The Morgan fingerprint density at radius 1 is 1.29 bits per heavy atom. The molecule has 1 heterocycles. The molecule has 2 aromatic rings. The molecule has 0 bridgehead atoms. The summed E-state index contributed by atoms with van der Waals surface area (Å²) in [5.41, 5.74) is 6.48. The molecular formula is C16H19N3O2. The Bertz CT molecular complexity index is 642. The summed E-state index contributed by atoms with van der Waals surface area (Å²) >= 11 is 0. The SMILES string of the molecule is CCOc1ccc(-n2c(C)cc(/C=N/NC=O)c2C)cc1. The standard InChI is InChI=1S/C16H19N3O2/c1-4-21-16-7-5-15(6-8-16)19-12(2)9-14(13(19)3)10-17-18-11-20/h5-11H,4H2,1-3H3,(H,18,20)/b17-10+. The Balaban J connectivity index is 2.33. The Morgan fingerprint density at radius 2 is 2.00 bits per heavy atom. The number of benzene rings is 1. The Labute approximate surface area is 124 Å². The van der Waals surface area contributed by atoms with Gasteiger partial charge in [-0.2, -0.15) is 5.10 Å². The third kappa shape index (κ3) is 3.31. The molecule has 0 aliphatic rings. The first-order valence-electron chi connectivity index (χ1n) is 6.81.